The number of nitrogens with one attached hydrogen (secondary N) is 3. The Labute approximate surface area is 155 Å². The van der Waals surface area contributed by atoms with Crippen molar-refractivity contribution >= 4 is 0 Å². The lowest BCUT2D eigenvalue weighted by atomic mass is 9.94. The van der Waals surface area contributed by atoms with Gasteiger partial charge in [0.05, 0.1) is 12.1 Å². The van der Waals surface area contributed by atoms with Crippen LogP contribution >= 0.6 is 0 Å². The fourth-order valence-corrected chi connectivity index (χ4v) is 4.15. The van der Waals surface area contributed by atoms with Crippen molar-refractivity contribution in [1.29, 1.82) is 0 Å². The van der Waals surface area contributed by atoms with E-state index in [2.05, 4.69) is 28.3 Å². The molecule has 0 aromatic heterocycles. The molecule has 2 heterocycles. The molecular formula is C20H31N3O3. The lowest BCUT2D eigenvalue weighted by molar-refractivity contribution is 0.0272. The Morgan fingerprint density at radius 3 is 2.92 bits per heavy atom. The summed E-state index contributed by atoms with van der Waals surface area (Å²) in [6.07, 6.45) is 8.17. The summed E-state index contributed by atoms with van der Waals surface area (Å²) in [6.45, 7) is 4.16. The molecule has 1 saturated carbocycles. The molecule has 0 amide bonds. The highest BCUT2D eigenvalue weighted by molar-refractivity contribution is 5.45. The van der Waals surface area contributed by atoms with Gasteiger partial charge in [-0.1, -0.05) is 25.3 Å². The van der Waals surface area contributed by atoms with Crippen molar-refractivity contribution in [3.05, 3.63) is 23.8 Å². The van der Waals surface area contributed by atoms with Crippen molar-refractivity contribution in [1.82, 2.24) is 16.2 Å². The topological polar surface area (TPSA) is 63.8 Å². The van der Waals surface area contributed by atoms with Crippen LogP contribution in [0, 0.1) is 5.92 Å². The first-order valence-corrected chi connectivity index (χ1v) is 10.1. The van der Waals surface area contributed by atoms with E-state index in [1.165, 1.54) is 37.7 Å². The third kappa shape index (κ3) is 4.49. The summed E-state index contributed by atoms with van der Waals surface area (Å²) < 4.78 is 16.9. The van der Waals surface area contributed by atoms with E-state index in [0.717, 1.165) is 44.2 Å². The van der Waals surface area contributed by atoms with Crippen molar-refractivity contribution < 1.29 is 14.2 Å². The molecule has 2 atom stereocenters. The molecule has 1 aromatic carbocycles. The summed E-state index contributed by atoms with van der Waals surface area (Å²) in [4.78, 5) is 0. The number of hydrazine groups is 1. The molecule has 2 unspecified atom stereocenters. The molecule has 0 radical (unpaired) electrons. The Morgan fingerprint density at radius 1 is 1.12 bits per heavy atom. The second kappa shape index (κ2) is 9.04. The first-order chi connectivity index (χ1) is 12.9. The van der Waals surface area contributed by atoms with Crippen LogP contribution in [0.15, 0.2) is 18.2 Å². The SMILES string of the molecule is c1cc2c(cc1C1NNCC1CNCCCOC1CCCCC1)OCO2. The Bertz CT molecular complexity index is 577. The van der Waals surface area contributed by atoms with E-state index < -0.39 is 0 Å². The first-order valence-electron chi connectivity index (χ1n) is 10.1. The molecule has 1 saturated heterocycles. The Morgan fingerprint density at radius 2 is 2.00 bits per heavy atom. The number of rotatable bonds is 8. The minimum atomic E-state index is 0.287. The molecule has 0 bridgehead atoms. The fraction of sp³-hybridized carbons (Fsp3) is 0.700. The molecule has 2 aliphatic heterocycles. The lowest BCUT2D eigenvalue weighted by Crippen LogP contribution is -2.30. The van der Waals surface area contributed by atoms with Crippen LogP contribution < -0.4 is 25.6 Å². The van der Waals surface area contributed by atoms with E-state index in [1.807, 2.05) is 6.07 Å². The van der Waals surface area contributed by atoms with Gasteiger partial charge in [0, 0.05) is 25.6 Å². The predicted octanol–water partition coefficient (Wildman–Crippen LogP) is 2.51. The van der Waals surface area contributed by atoms with Crippen LogP contribution in [0.4, 0.5) is 0 Å². The minimum Gasteiger partial charge on any atom is -0.454 e. The molecule has 4 rings (SSSR count). The van der Waals surface area contributed by atoms with Gasteiger partial charge in [-0.2, -0.15) is 0 Å². The zero-order chi connectivity index (χ0) is 17.6. The minimum absolute atomic E-state index is 0.287. The molecule has 6 heteroatoms. The largest absolute Gasteiger partial charge is 0.454 e. The summed E-state index contributed by atoms with van der Waals surface area (Å²) in [5.41, 5.74) is 7.94. The van der Waals surface area contributed by atoms with Gasteiger partial charge in [-0.05, 0) is 43.5 Å². The van der Waals surface area contributed by atoms with E-state index >= 15 is 0 Å². The number of fused-ring (bicyclic) bond motifs is 1. The van der Waals surface area contributed by atoms with Crippen molar-refractivity contribution in [2.75, 3.05) is 33.0 Å². The average Bonchev–Trinajstić information content (AvgIpc) is 3.33. The van der Waals surface area contributed by atoms with Crippen molar-refractivity contribution in [3.63, 3.8) is 0 Å². The third-order valence-corrected chi connectivity index (χ3v) is 5.66. The first kappa shape index (κ1) is 18.0. The highest BCUT2D eigenvalue weighted by Gasteiger charge is 2.29. The lowest BCUT2D eigenvalue weighted by Gasteiger charge is -2.22. The monoisotopic (exact) mass is 361 g/mol. The van der Waals surface area contributed by atoms with Gasteiger partial charge in [0.15, 0.2) is 11.5 Å². The highest BCUT2D eigenvalue weighted by Crippen LogP contribution is 2.36. The zero-order valence-corrected chi connectivity index (χ0v) is 15.5. The van der Waals surface area contributed by atoms with E-state index in [9.17, 15) is 0 Å². The van der Waals surface area contributed by atoms with Gasteiger partial charge < -0.3 is 19.5 Å². The number of hydrogen-bond donors (Lipinski definition) is 3. The third-order valence-electron chi connectivity index (χ3n) is 5.66. The van der Waals surface area contributed by atoms with Crippen molar-refractivity contribution in [2.45, 2.75) is 50.7 Å². The molecule has 26 heavy (non-hydrogen) atoms. The molecule has 6 nitrogen and oxygen atoms in total. The second-order valence-electron chi connectivity index (χ2n) is 7.56. The summed E-state index contributed by atoms with van der Waals surface area (Å²) >= 11 is 0. The van der Waals surface area contributed by atoms with Gasteiger partial charge in [-0.15, -0.1) is 0 Å². The molecule has 144 valence electrons. The van der Waals surface area contributed by atoms with E-state index in [4.69, 9.17) is 14.2 Å². The Kier molecular flexibility index (Phi) is 6.27. The highest BCUT2D eigenvalue weighted by atomic mass is 16.7. The summed E-state index contributed by atoms with van der Waals surface area (Å²) in [5.74, 6) is 2.20. The summed E-state index contributed by atoms with van der Waals surface area (Å²) in [6, 6.07) is 6.52. The van der Waals surface area contributed by atoms with Crippen LogP contribution in [0.5, 0.6) is 11.5 Å². The van der Waals surface area contributed by atoms with Crippen LogP contribution in [0.3, 0.4) is 0 Å². The van der Waals surface area contributed by atoms with Crippen LogP contribution in [-0.2, 0) is 4.74 Å². The van der Waals surface area contributed by atoms with Crippen LogP contribution in [0.2, 0.25) is 0 Å². The quantitative estimate of drug-likeness (QED) is 0.619. The summed E-state index contributed by atoms with van der Waals surface area (Å²) in [5, 5.41) is 3.60. The number of ether oxygens (including phenoxy) is 3. The van der Waals surface area contributed by atoms with Gasteiger partial charge in [-0.3, -0.25) is 5.43 Å². The van der Waals surface area contributed by atoms with Crippen molar-refractivity contribution in [2.24, 2.45) is 5.92 Å². The zero-order valence-electron chi connectivity index (χ0n) is 15.5. The van der Waals surface area contributed by atoms with Gasteiger partial charge >= 0.3 is 0 Å². The van der Waals surface area contributed by atoms with Crippen LogP contribution in [-0.4, -0.2) is 39.1 Å². The van der Waals surface area contributed by atoms with E-state index in [0.29, 0.717) is 18.8 Å². The maximum Gasteiger partial charge on any atom is 0.231 e. The molecule has 3 N–H and O–H groups in total. The van der Waals surface area contributed by atoms with Gasteiger partial charge in [-0.25, -0.2) is 5.43 Å². The molecule has 3 aliphatic rings. The second-order valence-corrected chi connectivity index (χ2v) is 7.56. The van der Waals surface area contributed by atoms with E-state index in [1.54, 1.807) is 0 Å². The van der Waals surface area contributed by atoms with Crippen LogP contribution in [0.25, 0.3) is 0 Å². The van der Waals surface area contributed by atoms with Gasteiger partial charge in [0.1, 0.15) is 0 Å². The standard InChI is InChI=1S/C20H31N3O3/c1-2-5-17(6-3-1)24-10-4-9-21-12-16-13-22-23-20(16)15-7-8-18-19(11-15)26-14-25-18/h7-8,11,16-17,20-23H,1-6,9-10,12-14H2. The number of hydrogen-bond acceptors (Lipinski definition) is 6. The van der Waals surface area contributed by atoms with Crippen LogP contribution in [0.1, 0.15) is 50.1 Å². The maximum atomic E-state index is 6.00. The molecule has 1 aromatic rings. The number of benzene rings is 1. The smallest absolute Gasteiger partial charge is 0.231 e. The molecule has 1 aliphatic carbocycles. The van der Waals surface area contributed by atoms with Crippen molar-refractivity contribution in [3.8, 4) is 11.5 Å². The Balaban J connectivity index is 1.17. The average molecular weight is 361 g/mol. The molecule has 2 fully saturated rings. The fourth-order valence-electron chi connectivity index (χ4n) is 4.15. The summed E-state index contributed by atoms with van der Waals surface area (Å²) in [7, 11) is 0. The predicted molar refractivity (Wildman–Crippen MR) is 100 cm³/mol. The molecule has 0 spiro atoms. The van der Waals surface area contributed by atoms with E-state index in [-0.39, 0.29) is 6.04 Å². The molecular weight excluding hydrogens is 330 g/mol. The Hall–Kier alpha value is -1.34. The maximum absolute atomic E-state index is 6.00. The van der Waals surface area contributed by atoms with Gasteiger partial charge in [0.25, 0.3) is 0 Å². The normalized spacial score (nSPS) is 25.7. The van der Waals surface area contributed by atoms with Gasteiger partial charge in [0.2, 0.25) is 6.79 Å².